The first-order chi connectivity index (χ1) is 14.4. The van der Waals surface area contributed by atoms with Crippen LogP contribution in [0.25, 0.3) is 0 Å². The number of carboxylic acids is 1. The van der Waals surface area contributed by atoms with Crippen LogP contribution in [0.15, 0.2) is 0 Å². The summed E-state index contributed by atoms with van der Waals surface area (Å²) in [5, 5.41) is 18.7. The van der Waals surface area contributed by atoms with Crippen molar-refractivity contribution in [2.75, 3.05) is 0 Å². The zero-order valence-electron chi connectivity index (χ0n) is 19.2. The van der Waals surface area contributed by atoms with Gasteiger partial charge < -0.3 is 10.2 Å². The molecule has 0 aromatic heterocycles. The average molecular weight is 457 g/mol. The van der Waals surface area contributed by atoms with Crippen molar-refractivity contribution in [2.45, 2.75) is 96.3 Å². The molecule has 7 heteroatoms. The van der Waals surface area contributed by atoms with E-state index in [1.54, 1.807) is 0 Å². The van der Waals surface area contributed by atoms with Gasteiger partial charge in [-0.05, 0) is 104 Å². The maximum Gasteiger partial charge on any atom is 0.303 e. The number of aliphatic carboxylic acids is 1. The minimum Gasteiger partial charge on any atom is -0.481 e. The number of hydrogen-bond donors (Lipinski definition) is 3. The van der Waals surface area contributed by atoms with E-state index < -0.39 is 21.3 Å². The van der Waals surface area contributed by atoms with Crippen molar-refractivity contribution in [3.05, 3.63) is 0 Å². The first kappa shape index (κ1) is 23.5. The normalized spacial score (nSPS) is 48.4. The lowest BCUT2D eigenvalue weighted by Crippen LogP contribution is -2.60. The Bertz CT molecular complexity index is 811. The summed E-state index contributed by atoms with van der Waals surface area (Å²) in [6.45, 7) is 6.78. The predicted octanol–water partition coefficient (Wildman–Crippen LogP) is 4.37. The number of aliphatic hydroxyl groups is 1. The summed E-state index contributed by atoms with van der Waals surface area (Å²) in [5.74, 6) is 0.550. The predicted molar refractivity (Wildman–Crippen MR) is 118 cm³/mol. The molecule has 31 heavy (non-hydrogen) atoms. The van der Waals surface area contributed by atoms with Gasteiger partial charge in [0, 0.05) is 6.42 Å². The van der Waals surface area contributed by atoms with E-state index in [1.165, 1.54) is 0 Å². The molecule has 10 atom stereocenters. The van der Waals surface area contributed by atoms with E-state index in [9.17, 15) is 22.9 Å². The second-order valence-corrected chi connectivity index (χ2v) is 13.5. The van der Waals surface area contributed by atoms with Crippen LogP contribution in [-0.2, 0) is 14.9 Å². The first-order valence-corrected chi connectivity index (χ1v) is 13.7. The second kappa shape index (κ2) is 7.98. The largest absolute Gasteiger partial charge is 0.481 e. The van der Waals surface area contributed by atoms with Crippen LogP contribution in [-0.4, -0.2) is 40.5 Å². The van der Waals surface area contributed by atoms with Crippen LogP contribution in [0.4, 0.5) is 0 Å². The SMILES string of the molecule is C[C@H](CCC(=O)O)[C@H]1CCC2[C@H]3C(CC[C@@]21C)[C@@]1(C)CC[C@@H](O)C[C@H]1C[C@H]3S(=O)(=O)O. The summed E-state index contributed by atoms with van der Waals surface area (Å²) in [7, 11) is -4.18. The van der Waals surface area contributed by atoms with Crippen LogP contribution in [0.1, 0.15) is 85.0 Å². The van der Waals surface area contributed by atoms with Crippen molar-refractivity contribution in [1.82, 2.24) is 0 Å². The van der Waals surface area contributed by atoms with Crippen LogP contribution < -0.4 is 0 Å². The summed E-state index contributed by atoms with van der Waals surface area (Å²) < 4.78 is 35.5. The number of hydrogen-bond acceptors (Lipinski definition) is 4. The summed E-state index contributed by atoms with van der Waals surface area (Å²) >= 11 is 0. The fourth-order valence-electron chi connectivity index (χ4n) is 9.02. The Balaban J connectivity index is 1.66. The van der Waals surface area contributed by atoms with Crippen LogP contribution in [0.3, 0.4) is 0 Å². The summed E-state index contributed by atoms with van der Waals surface area (Å²) in [5.41, 5.74) is 0.0266. The first-order valence-electron chi connectivity index (χ1n) is 12.2. The molecule has 0 heterocycles. The fourth-order valence-corrected chi connectivity index (χ4v) is 10.3. The van der Waals surface area contributed by atoms with E-state index in [1.807, 2.05) is 0 Å². The van der Waals surface area contributed by atoms with Crippen molar-refractivity contribution in [2.24, 2.45) is 46.3 Å². The Kier molecular flexibility index (Phi) is 6.05. The van der Waals surface area contributed by atoms with Crippen molar-refractivity contribution >= 4 is 16.1 Å². The Morgan fingerprint density at radius 1 is 1.03 bits per heavy atom. The molecule has 2 unspecified atom stereocenters. The van der Waals surface area contributed by atoms with Gasteiger partial charge in [0.15, 0.2) is 0 Å². The van der Waals surface area contributed by atoms with Gasteiger partial charge in [-0.3, -0.25) is 9.35 Å². The molecule has 0 amide bonds. The van der Waals surface area contributed by atoms with E-state index in [-0.39, 0.29) is 47.0 Å². The third-order valence-electron chi connectivity index (χ3n) is 10.6. The van der Waals surface area contributed by atoms with E-state index in [2.05, 4.69) is 20.8 Å². The molecule has 3 N–H and O–H groups in total. The summed E-state index contributed by atoms with van der Waals surface area (Å²) in [4.78, 5) is 11.1. The lowest BCUT2D eigenvalue weighted by atomic mass is 9.44. The minimum atomic E-state index is -4.18. The quantitative estimate of drug-likeness (QED) is 0.530. The van der Waals surface area contributed by atoms with Gasteiger partial charge >= 0.3 is 5.97 Å². The molecule has 178 valence electrons. The summed E-state index contributed by atoms with van der Waals surface area (Å²) in [6, 6.07) is 0. The lowest BCUT2D eigenvalue weighted by molar-refractivity contribution is -0.138. The van der Waals surface area contributed by atoms with Crippen LogP contribution in [0.2, 0.25) is 0 Å². The highest BCUT2D eigenvalue weighted by molar-refractivity contribution is 7.86. The highest BCUT2D eigenvalue weighted by Gasteiger charge is 2.64. The third kappa shape index (κ3) is 3.86. The zero-order valence-corrected chi connectivity index (χ0v) is 20.0. The van der Waals surface area contributed by atoms with Gasteiger partial charge in [-0.1, -0.05) is 20.8 Å². The van der Waals surface area contributed by atoms with E-state index >= 15 is 0 Å². The van der Waals surface area contributed by atoms with Crippen molar-refractivity contribution < 1.29 is 28.0 Å². The lowest BCUT2D eigenvalue weighted by Gasteiger charge is -2.62. The van der Waals surface area contributed by atoms with Gasteiger partial charge in [0.05, 0.1) is 11.4 Å². The van der Waals surface area contributed by atoms with Gasteiger partial charge in [-0.2, -0.15) is 8.42 Å². The number of carbonyl (C=O) groups is 1. The van der Waals surface area contributed by atoms with Crippen LogP contribution in [0.5, 0.6) is 0 Å². The number of carboxylic acid groups (broad SMARTS) is 1. The molecule has 0 aromatic carbocycles. The van der Waals surface area contributed by atoms with Gasteiger partial charge in [0.2, 0.25) is 0 Å². The molecule has 4 saturated carbocycles. The van der Waals surface area contributed by atoms with Crippen molar-refractivity contribution in [3.63, 3.8) is 0 Å². The maximum atomic E-state index is 12.6. The Labute approximate surface area is 186 Å². The molecule has 4 fully saturated rings. The molecule has 0 saturated heterocycles. The van der Waals surface area contributed by atoms with Gasteiger partial charge in [-0.25, -0.2) is 0 Å². The highest BCUT2D eigenvalue weighted by atomic mass is 32.2. The second-order valence-electron chi connectivity index (χ2n) is 11.8. The molecule has 0 spiro atoms. The molecular weight excluding hydrogens is 416 g/mol. The molecule has 0 aliphatic heterocycles. The number of aliphatic hydroxyl groups excluding tert-OH is 1. The Morgan fingerprint density at radius 2 is 1.68 bits per heavy atom. The molecule has 4 aliphatic carbocycles. The summed E-state index contributed by atoms with van der Waals surface area (Å²) in [6.07, 6.45) is 7.29. The average Bonchev–Trinajstić information content (AvgIpc) is 3.02. The van der Waals surface area contributed by atoms with Crippen molar-refractivity contribution in [3.8, 4) is 0 Å². The zero-order chi connectivity index (χ0) is 22.8. The fraction of sp³-hybridized carbons (Fsp3) is 0.958. The highest BCUT2D eigenvalue weighted by Crippen LogP contribution is 2.69. The van der Waals surface area contributed by atoms with Crippen molar-refractivity contribution in [1.29, 1.82) is 0 Å². The van der Waals surface area contributed by atoms with E-state index in [0.717, 1.165) is 38.5 Å². The van der Waals surface area contributed by atoms with Gasteiger partial charge in [0.1, 0.15) is 0 Å². The minimum absolute atomic E-state index is 0.000591. The van der Waals surface area contributed by atoms with E-state index in [0.29, 0.717) is 31.1 Å². The Morgan fingerprint density at radius 3 is 2.32 bits per heavy atom. The Hall–Kier alpha value is -0.660. The smallest absolute Gasteiger partial charge is 0.303 e. The molecular formula is C24H40O6S. The van der Waals surface area contributed by atoms with E-state index in [4.69, 9.17) is 5.11 Å². The van der Waals surface area contributed by atoms with Crippen LogP contribution >= 0.6 is 0 Å². The van der Waals surface area contributed by atoms with Gasteiger partial charge in [0.25, 0.3) is 10.1 Å². The van der Waals surface area contributed by atoms with Gasteiger partial charge in [-0.15, -0.1) is 0 Å². The van der Waals surface area contributed by atoms with Crippen LogP contribution in [0, 0.1) is 46.3 Å². The third-order valence-corrected chi connectivity index (χ3v) is 11.9. The number of fused-ring (bicyclic) bond motifs is 5. The molecule has 4 rings (SSSR count). The standard InChI is InChI=1S/C24H40O6S/c1-14(4-7-21(26)27)17-5-6-18-22-19(9-11-24(17,18)3)23(2)10-8-16(25)12-15(23)13-20(22)31(28,29)30/h14-20,22,25H,4-13H2,1-3H3,(H,26,27)(H,28,29,30)/t14-,15+,16-,17-,18?,19?,20-,22+,23+,24-/m1/s1. The molecule has 6 nitrogen and oxygen atoms in total. The maximum absolute atomic E-state index is 12.6. The number of rotatable bonds is 5. The molecule has 0 bridgehead atoms. The molecule has 4 aliphatic rings. The monoisotopic (exact) mass is 456 g/mol. The topological polar surface area (TPSA) is 112 Å². The molecule has 0 aromatic rings. The molecule has 0 radical (unpaired) electrons.